The summed E-state index contributed by atoms with van der Waals surface area (Å²) in [5.74, 6) is -1.87. The molecule has 0 aromatic heterocycles. The first-order chi connectivity index (χ1) is 7.08. The summed E-state index contributed by atoms with van der Waals surface area (Å²) >= 11 is 0. The van der Waals surface area contributed by atoms with Crippen LogP contribution in [0.2, 0.25) is 0 Å². The van der Waals surface area contributed by atoms with Crippen LogP contribution >= 0.6 is 0 Å². The van der Waals surface area contributed by atoms with E-state index < -0.39 is 18.2 Å². The molecular weight excluding hydrogens is 211 g/mol. The average Bonchev–Trinajstić information content (AvgIpc) is 2.19. The molecule has 0 bridgehead atoms. The van der Waals surface area contributed by atoms with E-state index in [1.54, 1.807) is 6.07 Å². The summed E-state index contributed by atoms with van der Waals surface area (Å²) in [6.07, 6.45) is 0.260. The highest BCUT2D eigenvalue weighted by Crippen LogP contribution is 2.22. The molecule has 1 aromatic rings. The lowest BCUT2D eigenvalue weighted by Gasteiger charge is -2.06. The van der Waals surface area contributed by atoms with Crippen LogP contribution in [0.3, 0.4) is 0 Å². The lowest BCUT2D eigenvalue weighted by molar-refractivity contribution is -0.0522. The van der Waals surface area contributed by atoms with E-state index in [-0.39, 0.29) is 17.4 Å². The van der Waals surface area contributed by atoms with E-state index in [0.29, 0.717) is 6.07 Å². The van der Waals surface area contributed by atoms with Crippen molar-refractivity contribution in [2.75, 3.05) is 0 Å². The zero-order valence-corrected chi connectivity index (χ0v) is 7.21. The molecule has 0 heterocycles. The third kappa shape index (κ3) is 2.47. The van der Waals surface area contributed by atoms with E-state index in [2.05, 4.69) is 4.74 Å². The Bertz CT molecular complexity index is 426. The first-order valence-corrected chi connectivity index (χ1v) is 3.72. The van der Waals surface area contributed by atoms with Gasteiger partial charge in [-0.1, -0.05) is 0 Å². The van der Waals surface area contributed by atoms with Gasteiger partial charge in [0, 0.05) is 5.56 Å². The molecule has 78 valence electrons. The normalized spacial score (nSPS) is 9.80. The molecule has 0 aliphatic rings. The Hall–Kier alpha value is -2.03. The molecule has 1 rings (SSSR count). The molecule has 0 spiro atoms. The number of carbonyl (C=O) groups excluding carboxylic acids is 1. The van der Waals surface area contributed by atoms with Gasteiger partial charge in [-0.05, 0) is 12.1 Å². The largest absolute Gasteiger partial charge is 0.432 e. The summed E-state index contributed by atoms with van der Waals surface area (Å²) in [6.45, 7) is -3.19. The fourth-order valence-corrected chi connectivity index (χ4v) is 0.950. The number of ether oxygens (including phenoxy) is 1. The fourth-order valence-electron chi connectivity index (χ4n) is 0.950. The highest BCUT2D eigenvalue weighted by Gasteiger charge is 2.13. The Labute approximate surface area is 82.7 Å². The van der Waals surface area contributed by atoms with Crippen LogP contribution in [0.25, 0.3) is 0 Å². The number of nitrogens with zero attached hydrogens (tertiary/aromatic N) is 1. The zero-order valence-electron chi connectivity index (χ0n) is 7.21. The zero-order chi connectivity index (χ0) is 11.4. The topological polar surface area (TPSA) is 50.1 Å². The lowest BCUT2D eigenvalue weighted by atomic mass is 10.1. The van der Waals surface area contributed by atoms with Crippen molar-refractivity contribution in [2.45, 2.75) is 6.61 Å². The van der Waals surface area contributed by atoms with Gasteiger partial charge in [0.25, 0.3) is 0 Å². The first kappa shape index (κ1) is 11.0. The van der Waals surface area contributed by atoms with Crippen molar-refractivity contribution in [3.8, 4) is 11.8 Å². The van der Waals surface area contributed by atoms with Crippen molar-refractivity contribution < 1.29 is 22.7 Å². The standard InChI is InChI=1S/C9H4F3NO2/c10-7-1-5(3-13)6(4-14)2-8(7)15-9(11)12/h1-2,4,9H. The van der Waals surface area contributed by atoms with Crippen molar-refractivity contribution in [1.82, 2.24) is 0 Å². The quantitative estimate of drug-likeness (QED) is 0.725. The highest BCUT2D eigenvalue weighted by atomic mass is 19.3. The number of alkyl halides is 2. The minimum absolute atomic E-state index is 0.199. The van der Waals surface area contributed by atoms with Gasteiger partial charge >= 0.3 is 6.61 Å². The molecule has 0 radical (unpaired) electrons. The molecule has 0 saturated carbocycles. The smallest absolute Gasteiger partial charge is 0.387 e. The predicted molar refractivity (Wildman–Crippen MR) is 43.1 cm³/mol. The summed E-state index contributed by atoms with van der Waals surface area (Å²) in [4.78, 5) is 10.4. The fraction of sp³-hybridized carbons (Fsp3) is 0.111. The summed E-state index contributed by atoms with van der Waals surface area (Å²) < 4.78 is 40.4. The maximum atomic E-state index is 13.0. The second kappa shape index (κ2) is 4.46. The van der Waals surface area contributed by atoms with Gasteiger partial charge in [0.1, 0.15) is 0 Å². The monoisotopic (exact) mass is 215 g/mol. The maximum Gasteiger partial charge on any atom is 0.387 e. The van der Waals surface area contributed by atoms with Crippen molar-refractivity contribution >= 4 is 6.29 Å². The molecule has 0 fully saturated rings. The van der Waals surface area contributed by atoms with E-state index in [1.807, 2.05) is 0 Å². The first-order valence-electron chi connectivity index (χ1n) is 3.72. The second-order valence-electron chi connectivity index (χ2n) is 2.48. The number of halogens is 3. The Balaban J connectivity index is 3.21. The molecule has 0 aliphatic heterocycles. The van der Waals surface area contributed by atoms with Crippen molar-refractivity contribution in [3.05, 3.63) is 29.1 Å². The van der Waals surface area contributed by atoms with Crippen LogP contribution in [0.1, 0.15) is 15.9 Å². The number of hydrogen-bond acceptors (Lipinski definition) is 3. The van der Waals surface area contributed by atoms with E-state index in [4.69, 9.17) is 5.26 Å². The van der Waals surface area contributed by atoms with Gasteiger partial charge in [-0.2, -0.15) is 14.0 Å². The lowest BCUT2D eigenvalue weighted by Crippen LogP contribution is -2.05. The van der Waals surface area contributed by atoms with Gasteiger partial charge in [-0.15, -0.1) is 0 Å². The van der Waals surface area contributed by atoms with Crippen LogP contribution in [0.15, 0.2) is 12.1 Å². The summed E-state index contributed by atoms with van der Waals surface area (Å²) in [7, 11) is 0. The second-order valence-corrected chi connectivity index (χ2v) is 2.48. The minimum Gasteiger partial charge on any atom is -0.432 e. The predicted octanol–water partition coefficient (Wildman–Crippen LogP) is 2.11. The van der Waals surface area contributed by atoms with Crippen molar-refractivity contribution in [2.24, 2.45) is 0 Å². The van der Waals surface area contributed by atoms with E-state index in [9.17, 15) is 18.0 Å². The van der Waals surface area contributed by atoms with Crippen LogP contribution in [0, 0.1) is 17.1 Å². The third-order valence-corrected chi connectivity index (χ3v) is 1.57. The number of rotatable bonds is 3. The van der Waals surface area contributed by atoms with Crippen LogP contribution in [-0.2, 0) is 0 Å². The number of aldehydes is 1. The molecule has 0 unspecified atom stereocenters. The number of nitriles is 1. The molecule has 0 amide bonds. The number of benzene rings is 1. The molecule has 3 nitrogen and oxygen atoms in total. The van der Waals surface area contributed by atoms with Crippen LogP contribution < -0.4 is 4.74 Å². The van der Waals surface area contributed by atoms with Crippen LogP contribution in [-0.4, -0.2) is 12.9 Å². The SMILES string of the molecule is N#Cc1cc(F)c(OC(F)F)cc1C=O. The van der Waals surface area contributed by atoms with E-state index >= 15 is 0 Å². The molecule has 0 atom stereocenters. The van der Waals surface area contributed by atoms with E-state index in [0.717, 1.165) is 6.07 Å². The van der Waals surface area contributed by atoms with Crippen molar-refractivity contribution in [1.29, 1.82) is 5.26 Å². The van der Waals surface area contributed by atoms with E-state index in [1.165, 1.54) is 0 Å². The molecule has 15 heavy (non-hydrogen) atoms. The Morgan fingerprint density at radius 2 is 2.13 bits per heavy atom. The minimum atomic E-state index is -3.19. The third-order valence-electron chi connectivity index (χ3n) is 1.57. The Morgan fingerprint density at radius 1 is 1.47 bits per heavy atom. The molecule has 0 saturated heterocycles. The van der Waals surface area contributed by atoms with Crippen LogP contribution in [0.5, 0.6) is 5.75 Å². The summed E-state index contributed by atoms with van der Waals surface area (Å²) in [5, 5.41) is 8.48. The highest BCUT2D eigenvalue weighted by molar-refractivity contribution is 5.80. The Kier molecular flexibility index (Phi) is 3.29. The summed E-state index contributed by atoms with van der Waals surface area (Å²) in [5.41, 5.74) is -0.432. The van der Waals surface area contributed by atoms with Crippen molar-refractivity contribution in [3.63, 3.8) is 0 Å². The maximum absolute atomic E-state index is 13.0. The molecule has 0 aliphatic carbocycles. The number of hydrogen-bond donors (Lipinski definition) is 0. The molecule has 0 N–H and O–H groups in total. The molecule has 6 heteroatoms. The van der Waals surface area contributed by atoms with Gasteiger partial charge in [0.15, 0.2) is 17.9 Å². The molecular formula is C9H4F3NO2. The Morgan fingerprint density at radius 3 is 2.60 bits per heavy atom. The molecule has 1 aromatic carbocycles. The summed E-state index contributed by atoms with van der Waals surface area (Å²) in [6, 6.07) is 2.98. The van der Waals surface area contributed by atoms with Crippen LogP contribution in [0.4, 0.5) is 13.2 Å². The average molecular weight is 215 g/mol. The van der Waals surface area contributed by atoms with Gasteiger partial charge in [-0.3, -0.25) is 4.79 Å². The van der Waals surface area contributed by atoms with Gasteiger partial charge in [0.05, 0.1) is 11.6 Å². The van der Waals surface area contributed by atoms with Gasteiger partial charge in [0.2, 0.25) is 0 Å². The number of carbonyl (C=O) groups is 1. The van der Waals surface area contributed by atoms with Gasteiger partial charge in [-0.25, -0.2) is 4.39 Å². The van der Waals surface area contributed by atoms with Gasteiger partial charge < -0.3 is 4.74 Å².